The number of thioether (sulfide) groups is 1. The Morgan fingerprint density at radius 3 is 1.33 bits per heavy atom. The van der Waals surface area contributed by atoms with E-state index in [0.717, 1.165) is 48.5 Å². The highest BCUT2D eigenvalue weighted by atomic mass is 32.2. The van der Waals surface area contributed by atoms with Gasteiger partial charge in [0.05, 0.1) is 0 Å². The van der Waals surface area contributed by atoms with Crippen LogP contribution in [0.25, 0.3) is 0 Å². The molecule has 0 aromatic rings. The van der Waals surface area contributed by atoms with Crippen molar-refractivity contribution in [3.05, 3.63) is 0 Å². The van der Waals surface area contributed by atoms with E-state index in [1.54, 1.807) is 6.92 Å². The van der Waals surface area contributed by atoms with Crippen LogP contribution in [0.5, 0.6) is 0 Å². The Balaban J connectivity index is 2.70. The molecule has 6 unspecified atom stereocenters. The van der Waals surface area contributed by atoms with Crippen LogP contribution in [0.15, 0.2) is 0 Å². The van der Waals surface area contributed by atoms with Gasteiger partial charge in [0.1, 0.15) is 37.0 Å². The first-order chi connectivity index (χ1) is 21.5. The lowest BCUT2D eigenvalue weighted by atomic mass is 9.96. The van der Waals surface area contributed by atoms with E-state index in [1.165, 1.54) is 11.8 Å². The zero-order valence-electron chi connectivity index (χ0n) is 26.7. The molecule has 260 valence electrons. The maximum atomic E-state index is 12.3. The SMILES string of the molecule is CCS[C@@H]1OC(COC(C)=O)[C@@H](O[C@@H]2OC(COC(C)=O)[C@H](OC(C)=O)C(OC(C)=O)C2OC(C)=O)C(OC(C)=O)C1OC(C)=O. The van der Waals surface area contributed by atoms with Crippen molar-refractivity contribution in [2.24, 2.45) is 0 Å². The number of hydrogen-bond acceptors (Lipinski definition) is 18. The first-order valence-corrected chi connectivity index (χ1v) is 15.3. The van der Waals surface area contributed by atoms with Gasteiger partial charge >= 0.3 is 41.8 Å². The van der Waals surface area contributed by atoms with Gasteiger partial charge in [-0.3, -0.25) is 33.6 Å². The van der Waals surface area contributed by atoms with Crippen LogP contribution in [-0.2, 0) is 80.9 Å². The van der Waals surface area contributed by atoms with E-state index in [2.05, 4.69) is 0 Å². The molecule has 0 aliphatic carbocycles. The van der Waals surface area contributed by atoms with Crippen LogP contribution in [-0.4, -0.2) is 121 Å². The van der Waals surface area contributed by atoms with Crippen LogP contribution in [0.1, 0.15) is 55.4 Å². The molecule has 18 heteroatoms. The predicted octanol–water partition coefficient (Wildman–Crippen LogP) is 0.359. The lowest BCUT2D eigenvalue weighted by Crippen LogP contribution is -2.66. The molecule has 10 atom stereocenters. The summed E-state index contributed by atoms with van der Waals surface area (Å²) in [6.07, 6.45) is -13.1. The first-order valence-electron chi connectivity index (χ1n) is 14.2. The van der Waals surface area contributed by atoms with Gasteiger partial charge in [-0.25, -0.2) is 0 Å². The highest BCUT2D eigenvalue weighted by Crippen LogP contribution is 2.37. The Morgan fingerprint density at radius 2 is 0.891 bits per heavy atom. The van der Waals surface area contributed by atoms with E-state index in [0.29, 0.717) is 5.75 Å². The quantitative estimate of drug-likeness (QED) is 0.190. The lowest BCUT2D eigenvalue weighted by Gasteiger charge is -2.48. The van der Waals surface area contributed by atoms with Crippen LogP contribution in [0, 0.1) is 0 Å². The molecule has 2 aliphatic rings. The van der Waals surface area contributed by atoms with Crippen LogP contribution < -0.4 is 0 Å². The topological polar surface area (TPSA) is 212 Å². The maximum absolute atomic E-state index is 12.3. The molecule has 2 rings (SSSR count). The van der Waals surface area contributed by atoms with E-state index in [9.17, 15) is 33.6 Å². The Kier molecular flexibility index (Phi) is 15.2. The van der Waals surface area contributed by atoms with Gasteiger partial charge in [-0.2, -0.15) is 0 Å². The minimum absolute atomic E-state index is 0.434. The summed E-state index contributed by atoms with van der Waals surface area (Å²) in [6.45, 7) is 8.52. The van der Waals surface area contributed by atoms with Crippen molar-refractivity contribution in [2.75, 3.05) is 19.0 Å². The zero-order valence-corrected chi connectivity index (χ0v) is 27.6. The molecule has 0 bridgehead atoms. The van der Waals surface area contributed by atoms with Crippen LogP contribution in [0.2, 0.25) is 0 Å². The van der Waals surface area contributed by atoms with Crippen molar-refractivity contribution in [1.29, 1.82) is 0 Å². The molecule has 2 aliphatic heterocycles. The van der Waals surface area contributed by atoms with E-state index in [-0.39, 0.29) is 0 Å². The zero-order chi connectivity index (χ0) is 34.7. The van der Waals surface area contributed by atoms with Crippen molar-refractivity contribution < 1.29 is 80.9 Å². The molecule has 2 saturated heterocycles. The Morgan fingerprint density at radius 1 is 0.500 bits per heavy atom. The molecule has 0 aromatic heterocycles. The monoisotopic (exact) mass is 680 g/mol. The van der Waals surface area contributed by atoms with Gasteiger partial charge in [0.2, 0.25) is 0 Å². The minimum Gasteiger partial charge on any atom is -0.463 e. The molecule has 0 aromatic carbocycles. The maximum Gasteiger partial charge on any atom is 0.303 e. The molecular weight excluding hydrogens is 640 g/mol. The summed E-state index contributed by atoms with van der Waals surface area (Å²) in [6, 6.07) is 0. The van der Waals surface area contributed by atoms with Crippen molar-refractivity contribution >= 4 is 53.5 Å². The second-order valence-corrected chi connectivity index (χ2v) is 11.5. The molecule has 0 spiro atoms. The highest BCUT2D eigenvalue weighted by Gasteiger charge is 2.57. The second-order valence-electron chi connectivity index (χ2n) is 10.1. The van der Waals surface area contributed by atoms with E-state index < -0.39 is 116 Å². The second kappa shape index (κ2) is 18.0. The highest BCUT2D eigenvalue weighted by molar-refractivity contribution is 7.99. The summed E-state index contributed by atoms with van der Waals surface area (Å²) in [4.78, 5) is 84.5. The fourth-order valence-corrected chi connectivity index (χ4v) is 5.72. The van der Waals surface area contributed by atoms with Crippen LogP contribution in [0.3, 0.4) is 0 Å². The van der Waals surface area contributed by atoms with Crippen LogP contribution >= 0.6 is 11.8 Å². The summed E-state index contributed by atoms with van der Waals surface area (Å²) in [5.74, 6) is -5.06. The van der Waals surface area contributed by atoms with Gasteiger partial charge < -0.3 is 47.4 Å². The molecule has 2 heterocycles. The largest absolute Gasteiger partial charge is 0.463 e. The molecule has 46 heavy (non-hydrogen) atoms. The number of hydrogen-bond donors (Lipinski definition) is 0. The third-order valence-corrected chi connectivity index (χ3v) is 7.26. The number of carbonyl (C=O) groups excluding carboxylic acids is 7. The molecule has 0 amide bonds. The van der Waals surface area contributed by atoms with Gasteiger partial charge in [0.15, 0.2) is 36.8 Å². The normalized spacial score (nSPS) is 30.6. The fourth-order valence-electron chi connectivity index (χ4n) is 4.77. The average molecular weight is 681 g/mol. The van der Waals surface area contributed by atoms with Gasteiger partial charge in [0, 0.05) is 48.5 Å². The van der Waals surface area contributed by atoms with E-state index in [1.807, 2.05) is 0 Å². The minimum atomic E-state index is -1.72. The van der Waals surface area contributed by atoms with Crippen molar-refractivity contribution in [2.45, 2.75) is 116 Å². The standard InChI is InChI=1S/C28H40O17S/c1-9-46-28-26(42-18(8)35)24(40-16(6)33)22(20(44-28)11-37-13(3)30)45-27-25(41-17(7)34)23(39-15(5)32)21(38-14(4)31)19(43-27)10-36-12(2)29/h19-28H,9-11H2,1-8H3/t19?,20?,21-,22+,23?,24?,25?,26?,27-,28-/m0/s1. The number of esters is 7. The first kappa shape index (κ1) is 38.7. The molecular formula is C28H40O17S. The van der Waals surface area contributed by atoms with Gasteiger partial charge in [-0.15, -0.1) is 11.8 Å². The number of ether oxygens (including phenoxy) is 10. The molecule has 0 radical (unpaired) electrons. The summed E-state index contributed by atoms with van der Waals surface area (Å²) in [7, 11) is 0. The molecule has 2 fully saturated rings. The summed E-state index contributed by atoms with van der Waals surface area (Å²) in [5.41, 5.74) is -0.922. The predicted molar refractivity (Wildman–Crippen MR) is 151 cm³/mol. The number of carbonyl (C=O) groups is 7. The molecule has 0 saturated carbocycles. The third-order valence-electron chi connectivity index (χ3n) is 6.22. The Labute approximate surface area is 269 Å². The average Bonchev–Trinajstić information content (AvgIpc) is 2.91. The summed E-state index contributed by atoms with van der Waals surface area (Å²) < 4.78 is 56.1. The summed E-state index contributed by atoms with van der Waals surface area (Å²) in [5, 5.41) is 0. The van der Waals surface area contributed by atoms with E-state index in [4.69, 9.17) is 47.4 Å². The number of rotatable bonds is 13. The lowest BCUT2D eigenvalue weighted by molar-refractivity contribution is -0.341. The van der Waals surface area contributed by atoms with Gasteiger partial charge in [-0.1, -0.05) is 6.92 Å². The van der Waals surface area contributed by atoms with Crippen molar-refractivity contribution in [3.8, 4) is 0 Å². The fraction of sp³-hybridized carbons (Fsp3) is 0.750. The van der Waals surface area contributed by atoms with Crippen molar-refractivity contribution in [1.82, 2.24) is 0 Å². The molecule has 0 N–H and O–H groups in total. The Bertz CT molecular complexity index is 1130. The van der Waals surface area contributed by atoms with Gasteiger partial charge in [0.25, 0.3) is 0 Å². The van der Waals surface area contributed by atoms with Crippen LogP contribution in [0.4, 0.5) is 0 Å². The van der Waals surface area contributed by atoms with Gasteiger partial charge in [-0.05, 0) is 5.75 Å². The molecule has 17 nitrogen and oxygen atoms in total. The Hall–Kier alpha value is -3.48. The summed E-state index contributed by atoms with van der Waals surface area (Å²) >= 11 is 1.21. The smallest absolute Gasteiger partial charge is 0.303 e. The third kappa shape index (κ3) is 11.7. The van der Waals surface area contributed by atoms with E-state index >= 15 is 0 Å². The van der Waals surface area contributed by atoms with Crippen molar-refractivity contribution in [3.63, 3.8) is 0 Å².